The molecule has 8 heteroatoms. The van der Waals surface area contributed by atoms with Gasteiger partial charge < -0.3 is 14.5 Å². The Morgan fingerprint density at radius 2 is 1.84 bits per heavy atom. The van der Waals surface area contributed by atoms with E-state index in [1.807, 2.05) is 12.1 Å². The summed E-state index contributed by atoms with van der Waals surface area (Å²) >= 11 is 6.14. The summed E-state index contributed by atoms with van der Waals surface area (Å²) in [5.41, 5.74) is 5.45. The lowest BCUT2D eigenvalue weighted by molar-refractivity contribution is -0.151. The van der Waals surface area contributed by atoms with Crippen molar-refractivity contribution in [2.45, 2.75) is 32.1 Å². The highest BCUT2D eigenvalue weighted by atomic mass is 35.5. The normalized spacial score (nSPS) is 25.3. The number of morpholine rings is 1. The fourth-order valence-electron chi connectivity index (χ4n) is 5.13. The molecular formula is C23H27ClN4O3. The molecule has 3 saturated carbocycles. The van der Waals surface area contributed by atoms with Crippen LogP contribution in [0.15, 0.2) is 30.3 Å². The molecule has 2 heterocycles. The average Bonchev–Trinajstić information content (AvgIpc) is 2.83. The van der Waals surface area contributed by atoms with Gasteiger partial charge >= 0.3 is 5.97 Å². The van der Waals surface area contributed by atoms with E-state index >= 15 is 0 Å². The zero-order valence-electron chi connectivity index (χ0n) is 17.4. The SMILES string of the molecule is O=C(ONc1cc(-c2ccc(N3CCOCC3)cc2)nc(Cl)n1)C1CC2CCC1CC2. The van der Waals surface area contributed by atoms with Crippen molar-refractivity contribution in [3.63, 3.8) is 0 Å². The van der Waals surface area contributed by atoms with Gasteiger partial charge in [-0.15, -0.1) is 0 Å². The standard InChI is InChI=1S/C23H27ClN4O3/c24-23-25-20(17-5-7-18(8-6-17)28-9-11-30-12-10-28)14-21(26-23)27-31-22(29)19-13-15-1-3-16(19)4-2-15/h5-8,14-16,19H,1-4,9-13H2,(H,25,26,27). The molecule has 1 N–H and O–H groups in total. The molecule has 2 aromatic rings. The van der Waals surface area contributed by atoms with Gasteiger partial charge in [0, 0.05) is 30.4 Å². The molecular weight excluding hydrogens is 416 g/mol. The highest BCUT2D eigenvalue weighted by molar-refractivity contribution is 6.28. The number of halogens is 1. The second-order valence-corrected chi connectivity index (χ2v) is 9.04. The van der Waals surface area contributed by atoms with Crippen LogP contribution in [0, 0.1) is 17.8 Å². The Kier molecular flexibility index (Phi) is 5.96. The van der Waals surface area contributed by atoms with Crippen LogP contribution in [-0.2, 0) is 14.4 Å². The van der Waals surface area contributed by atoms with Crippen LogP contribution in [0.5, 0.6) is 0 Å². The van der Waals surface area contributed by atoms with Crippen molar-refractivity contribution in [3.8, 4) is 11.3 Å². The van der Waals surface area contributed by atoms with E-state index in [0.717, 1.165) is 56.8 Å². The smallest absolute Gasteiger partial charge is 0.335 e. The molecule has 4 fully saturated rings. The Labute approximate surface area is 187 Å². The molecule has 0 radical (unpaired) electrons. The van der Waals surface area contributed by atoms with Gasteiger partial charge in [0.1, 0.15) is 0 Å². The maximum Gasteiger partial charge on any atom is 0.335 e. The minimum atomic E-state index is -0.194. The van der Waals surface area contributed by atoms with E-state index in [9.17, 15) is 4.79 Å². The molecule has 3 aliphatic carbocycles. The molecule has 1 aromatic heterocycles. The molecule has 1 saturated heterocycles. The number of rotatable bonds is 5. The summed E-state index contributed by atoms with van der Waals surface area (Å²) in [4.78, 5) is 28.8. The molecule has 2 bridgehead atoms. The lowest BCUT2D eigenvalue weighted by Gasteiger charge is -2.40. The first-order valence-electron chi connectivity index (χ1n) is 11.1. The molecule has 7 nitrogen and oxygen atoms in total. The number of carbonyl (C=O) groups is 1. The minimum Gasteiger partial charge on any atom is -0.378 e. The Hall–Kier alpha value is -2.38. The maximum absolute atomic E-state index is 12.6. The number of carbonyl (C=O) groups excluding carboxylic acids is 1. The topological polar surface area (TPSA) is 76.6 Å². The Morgan fingerprint density at radius 1 is 1.10 bits per heavy atom. The van der Waals surface area contributed by atoms with Crippen LogP contribution in [0.3, 0.4) is 0 Å². The number of nitrogens with zero attached hydrogens (tertiary/aromatic N) is 3. The van der Waals surface area contributed by atoms with Gasteiger partial charge in [-0.3, -0.25) is 0 Å². The summed E-state index contributed by atoms with van der Waals surface area (Å²) in [5, 5.41) is 0.102. The van der Waals surface area contributed by atoms with Crippen LogP contribution >= 0.6 is 11.6 Å². The zero-order valence-corrected chi connectivity index (χ0v) is 18.2. The molecule has 6 rings (SSSR count). The summed E-state index contributed by atoms with van der Waals surface area (Å²) in [7, 11) is 0. The highest BCUT2D eigenvalue weighted by Crippen LogP contribution is 2.45. The quantitative estimate of drug-likeness (QED) is 0.545. The molecule has 31 heavy (non-hydrogen) atoms. The van der Waals surface area contributed by atoms with Crippen molar-refractivity contribution >= 4 is 29.1 Å². The summed E-state index contributed by atoms with van der Waals surface area (Å²) < 4.78 is 5.42. The zero-order chi connectivity index (χ0) is 21.2. The van der Waals surface area contributed by atoms with Crippen molar-refractivity contribution in [3.05, 3.63) is 35.6 Å². The molecule has 1 unspecified atom stereocenters. The van der Waals surface area contributed by atoms with Gasteiger partial charge in [-0.1, -0.05) is 25.0 Å². The van der Waals surface area contributed by atoms with Crippen molar-refractivity contribution < 1.29 is 14.4 Å². The molecule has 1 aromatic carbocycles. The first-order chi connectivity index (χ1) is 15.2. The highest BCUT2D eigenvalue weighted by Gasteiger charge is 2.40. The van der Waals surface area contributed by atoms with Crippen molar-refractivity contribution in [2.24, 2.45) is 17.8 Å². The van der Waals surface area contributed by atoms with Crippen LogP contribution < -0.4 is 10.4 Å². The van der Waals surface area contributed by atoms with E-state index in [4.69, 9.17) is 21.2 Å². The number of ether oxygens (including phenoxy) is 1. The molecule has 164 valence electrons. The van der Waals surface area contributed by atoms with Gasteiger partial charge in [-0.25, -0.2) is 15.3 Å². The first kappa shape index (κ1) is 20.5. The number of nitrogens with one attached hydrogen (secondary N) is 1. The summed E-state index contributed by atoms with van der Waals surface area (Å²) in [6.45, 7) is 3.28. The molecule has 1 atom stereocenters. The van der Waals surface area contributed by atoms with Crippen LogP contribution in [0.25, 0.3) is 11.3 Å². The van der Waals surface area contributed by atoms with Gasteiger partial charge in [-0.2, -0.15) is 4.98 Å². The first-order valence-corrected chi connectivity index (χ1v) is 11.5. The summed E-state index contributed by atoms with van der Waals surface area (Å²) in [6.07, 6.45) is 5.70. The average molecular weight is 443 g/mol. The van der Waals surface area contributed by atoms with Crippen LogP contribution in [0.2, 0.25) is 5.28 Å². The summed E-state index contributed by atoms with van der Waals surface area (Å²) in [5.74, 6) is 1.29. The fourth-order valence-corrected chi connectivity index (χ4v) is 5.31. The fraction of sp³-hybridized carbons (Fsp3) is 0.522. The number of hydrogen-bond donors (Lipinski definition) is 1. The third-order valence-corrected chi connectivity index (χ3v) is 7.01. The predicted octanol–water partition coefficient (Wildman–Crippen LogP) is 4.33. The van der Waals surface area contributed by atoms with E-state index in [1.54, 1.807) is 6.07 Å². The number of hydrogen-bond acceptors (Lipinski definition) is 7. The molecule has 0 amide bonds. The van der Waals surface area contributed by atoms with Gasteiger partial charge in [0.15, 0.2) is 5.82 Å². The van der Waals surface area contributed by atoms with Crippen LogP contribution in [0.1, 0.15) is 32.1 Å². The van der Waals surface area contributed by atoms with Crippen molar-refractivity contribution in [1.82, 2.24) is 9.97 Å². The van der Waals surface area contributed by atoms with E-state index in [1.165, 1.54) is 12.8 Å². The number of fused-ring (bicyclic) bond motifs is 3. The van der Waals surface area contributed by atoms with Crippen molar-refractivity contribution in [2.75, 3.05) is 36.7 Å². The second kappa shape index (κ2) is 9.01. The number of aromatic nitrogens is 2. The van der Waals surface area contributed by atoms with E-state index in [-0.39, 0.29) is 17.2 Å². The molecule has 4 aliphatic rings. The molecule has 0 spiro atoms. The van der Waals surface area contributed by atoms with E-state index in [0.29, 0.717) is 23.3 Å². The lowest BCUT2D eigenvalue weighted by atomic mass is 9.65. The Bertz CT molecular complexity index is 925. The third kappa shape index (κ3) is 4.62. The predicted molar refractivity (Wildman–Crippen MR) is 119 cm³/mol. The molecule has 1 aliphatic heterocycles. The van der Waals surface area contributed by atoms with E-state index in [2.05, 4.69) is 32.5 Å². The Balaban J connectivity index is 1.25. The van der Waals surface area contributed by atoms with Gasteiger partial charge in [-0.05, 0) is 54.8 Å². The minimum absolute atomic E-state index is 0.00971. The van der Waals surface area contributed by atoms with Crippen molar-refractivity contribution in [1.29, 1.82) is 0 Å². The second-order valence-electron chi connectivity index (χ2n) is 8.70. The lowest BCUT2D eigenvalue weighted by Crippen LogP contribution is -2.37. The van der Waals surface area contributed by atoms with Crippen LogP contribution in [-0.4, -0.2) is 42.2 Å². The summed E-state index contributed by atoms with van der Waals surface area (Å²) in [6, 6.07) is 9.91. The van der Waals surface area contributed by atoms with Crippen LogP contribution in [0.4, 0.5) is 11.5 Å². The van der Waals surface area contributed by atoms with Gasteiger partial charge in [0.2, 0.25) is 5.28 Å². The van der Waals surface area contributed by atoms with Gasteiger partial charge in [0.25, 0.3) is 0 Å². The third-order valence-electron chi connectivity index (χ3n) is 6.84. The largest absolute Gasteiger partial charge is 0.378 e. The monoisotopic (exact) mass is 442 g/mol. The number of anilines is 2. The maximum atomic E-state index is 12.6. The van der Waals surface area contributed by atoms with Gasteiger partial charge in [0.05, 0.1) is 24.8 Å². The Morgan fingerprint density at radius 3 is 2.52 bits per heavy atom. The number of benzene rings is 1. The van der Waals surface area contributed by atoms with E-state index < -0.39 is 0 Å².